The fourth-order valence-electron chi connectivity index (χ4n) is 2.14. The first kappa shape index (κ1) is 13.9. The number of rotatable bonds is 3. The van der Waals surface area contributed by atoms with E-state index < -0.39 is 11.6 Å². The summed E-state index contributed by atoms with van der Waals surface area (Å²) >= 11 is 9.34. The van der Waals surface area contributed by atoms with E-state index >= 15 is 0 Å². The van der Waals surface area contributed by atoms with Crippen LogP contribution in [0.5, 0.6) is 0 Å². The minimum absolute atomic E-state index is 0.222. The molecule has 1 aromatic carbocycles. The lowest BCUT2D eigenvalue weighted by molar-refractivity contribution is 0.505. The first-order valence-electron chi connectivity index (χ1n) is 5.89. The standard InChI is InChI=1S/C14H10ClF2NS2/c1-18-14(7-4-9(16)10(17)5-8(7)15)13-6-12-11(20-13)2-3-19-12/h2-6,14,18H,1H3. The fourth-order valence-corrected chi connectivity index (χ4v) is 4.65. The predicted molar refractivity (Wildman–Crippen MR) is 82.0 cm³/mol. The number of halogens is 3. The van der Waals surface area contributed by atoms with Gasteiger partial charge in [0.05, 0.1) is 6.04 Å². The van der Waals surface area contributed by atoms with E-state index in [-0.39, 0.29) is 11.1 Å². The fraction of sp³-hybridized carbons (Fsp3) is 0.143. The molecular weight excluding hydrogens is 320 g/mol. The molecule has 3 aromatic rings. The van der Waals surface area contributed by atoms with Crippen molar-refractivity contribution in [2.24, 2.45) is 0 Å². The molecule has 1 atom stereocenters. The van der Waals surface area contributed by atoms with E-state index in [1.807, 2.05) is 11.4 Å². The molecule has 0 amide bonds. The van der Waals surface area contributed by atoms with Crippen LogP contribution in [0.4, 0.5) is 8.78 Å². The molecule has 1 nitrogen and oxygen atoms in total. The van der Waals surface area contributed by atoms with Crippen molar-refractivity contribution in [1.82, 2.24) is 5.32 Å². The topological polar surface area (TPSA) is 12.0 Å². The SMILES string of the molecule is CNC(c1cc2sccc2s1)c1cc(F)c(F)cc1Cl. The number of benzene rings is 1. The lowest BCUT2D eigenvalue weighted by Crippen LogP contribution is -2.17. The predicted octanol–water partition coefficient (Wildman–Crippen LogP) is 5.20. The third-order valence-electron chi connectivity index (χ3n) is 3.08. The van der Waals surface area contributed by atoms with Crippen molar-refractivity contribution >= 4 is 43.7 Å². The Kier molecular flexibility index (Phi) is 3.77. The molecule has 0 saturated carbocycles. The maximum atomic E-state index is 13.5. The van der Waals surface area contributed by atoms with Gasteiger partial charge in [0, 0.05) is 19.3 Å². The summed E-state index contributed by atoms with van der Waals surface area (Å²) in [6, 6.07) is 6.04. The highest BCUT2D eigenvalue weighted by Gasteiger charge is 2.20. The van der Waals surface area contributed by atoms with Gasteiger partial charge in [0.2, 0.25) is 0 Å². The van der Waals surface area contributed by atoms with E-state index in [0.29, 0.717) is 5.56 Å². The van der Waals surface area contributed by atoms with Crippen LogP contribution in [0.2, 0.25) is 5.02 Å². The van der Waals surface area contributed by atoms with Gasteiger partial charge >= 0.3 is 0 Å². The zero-order valence-corrected chi connectivity index (χ0v) is 12.8. The summed E-state index contributed by atoms with van der Waals surface area (Å²) in [5.74, 6) is -1.82. The molecule has 0 aliphatic carbocycles. The van der Waals surface area contributed by atoms with Crippen molar-refractivity contribution in [3.8, 4) is 0 Å². The highest BCUT2D eigenvalue weighted by molar-refractivity contribution is 7.27. The van der Waals surface area contributed by atoms with E-state index in [4.69, 9.17) is 11.6 Å². The first-order valence-corrected chi connectivity index (χ1v) is 7.96. The molecule has 0 saturated heterocycles. The Morgan fingerprint density at radius 2 is 1.90 bits per heavy atom. The van der Waals surface area contributed by atoms with Gasteiger partial charge < -0.3 is 5.32 Å². The van der Waals surface area contributed by atoms with E-state index in [1.54, 1.807) is 29.7 Å². The van der Waals surface area contributed by atoms with Gasteiger partial charge in [-0.15, -0.1) is 22.7 Å². The van der Waals surface area contributed by atoms with E-state index in [9.17, 15) is 8.78 Å². The Labute approximate surface area is 127 Å². The molecule has 6 heteroatoms. The van der Waals surface area contributed by atoms with Gasteiger partial charge in [0.1, 0.15) is 0 Å². The zero-order chi connectivity index (χ0) is 14.3. The first-order chi connectivity index (χ1) is 9.60. The third kappa shape index (κ3) is 2.35. The van der Waals surface area contributed by atoms with Crippen molar-refractivity contribution in [3.63, 3.8) is 0 Å². The van der Waals surface area contributed by atoms with Crippen LogP contribution in [0, 0.1) is 11.6 Å². The van der Waals surface area contributed by atoms with Crippen LogP contribution < -0.4 is 5.32 Å². The summed E-state index contributed by atoms with van der Waals surface area (Å²) in [5.41, 5.74) is 0.543. The molecule has 0 aliphatic heterocycles. The number of hydrogen-bond donors (Lipinski definition) is 1. The second kappa shape index (κ2) is 5.41. The van der Waals surface area contributed by atoms with Crippen LogP contribution in [0.1, 0.15) is 16.5 Å². The van der Waals surface area contributed by atoms with Crippen molar-refractivity contribution < 1.29 is 8.78 Å². The number of fused-ring (bicyclic) bond motifs is 1. The minimum Gasteiger partial charge on any atom is -0.309 e. The monoisotopic (exact) mass is 329 g/mol. The molecule has 0 spiro atoms. The average Bonchev–Trinajstić information content (AvgIpc) is 2.97. The summed E-state index contributed by atoms with van der Waals surface area (Å²) in [7, 11) is 1.77. The van der Waals surface area contributed by atoms with Crippen molar-refractivity contribution in [2.45, 2.75) is 6.04 Å². The van der Waals surface area contributed by atoms with Crippen molar-refractivity contribution in [3.05, 3.63) is 56.7 Å². The van der Waals surface area contributed by atoms with Crippen LogP contribution >= 0.6 is 34.3 Å². The maximum absolute atomic E-state index is 13.5. The third-order valence-corrected chi connectivity index (χ3v) is 5.57. The zero-order valence-electron chi connectivity index (χ0n) is 10.4. The van der Waals surface area contributed by atoms with Gasteiger partial charge in [-0.2, -0.15) is 0 Å². The molecule has 20 heavy (non-hydrogen) atoms. The summed E-state index contributed by atoms with van der Waals surface area (Å²) in [6.07, 6.45) is 0. The Bertz CT molecular complexity index is 737. The Morgan fingerprint density at radius 3 is 2.60 bits per heavy atom. The molecule has 0 fully saturated rings. The maximum Gasteiger partial charge on any atom is 0.160 e. The highest BCUT2D eigenvalue weighted by atomic mass is 35.5. The summed E-state index contributed by atoms with van der Waals surface area (Å²) in [5, 5.41) is 5.37. The molecule has 0 bridgehead atoms. The van der Waals surface area contributed by atoms with Gasteiger partial charge in [-0.3, -0.25) is 0 Å². The summed E-state index contributed by atoms with van der Waals surface area (Å²) < 4.78 is 29.0. The van der Waals surface area contributed by atoms with Gasteiger partial charge in [0.15, 0.2) is 11.6 Å². The van der Waals surface area contributed by atoms with E-state index in [1.165, 1.54) is 9.40 Å². The highest BCUT2D eigenvalue weighted by Crippen LogP contribution is 2.38. The van der Waals surface area contributed by atoms with Crippen LogP contribution in [-0.2, 0) is 0 Å². The second-order valence-corrected chi connectivity index (χ2v) is 6.78. The second-order valence-electron chi connectivity index (χ2n) is 4.31. The Balaban J connectivity index is 2.09. The van der Waals surface area contributed by atoms with Crippen LogP contribution in [0.3, 0.4) is 0 Å². The summed E-state index contributed by atoms with van der Waals surface area (Å²) in [4.78, 5) is 1.03. The summed E-state index contributed by atoms with van der Waals surface area (Å²) in [6.45, 7) is 0. The largest absolute Gasteiger partial charge is 0.309 e. The molecule has 2 heterocycles. The van der Waals surface area contributed by atoms with Crippen molar-refractivity contribution in [2.75, 3.05) is 7.05 Å². The molecular formula is C14H10ClF2NS2. The average molecular weight is 330 g/mol. The van der Waals surface area contributed by atoms with Crippen LogP contribution in [-0.4, -0.2) is 7.05 Å². The van der Waals surface area contributed by atoms with E-state index in [0.717, 1.165) is 17.0 Å². The molecule has 3 rings (SSSR count). The van der Waals surface area contributed by atoms with Gasteiger partial charge in [-0.05, 0) is 42.3 Å². The van der Waals surface area contributed by atoms with Gasteiger partial charge in [-0.1, -0.05) is 11.6 Å². The lowest BCUT2D eigenvalue weighted by atomic mass is 10.1. The quantitative estimate of drug-likeness (QED) is 0.651. The van der Waals surface area contributed by atoms with Crippen LogP contribution in [0.25, 0.3) is 9.40 Å². The molecule has 0 radical (unpaired) electrons. The van der Waals surface area contributed by atoms with Crippen molar-refractivity contribution in [1.29, 1.82) is 0 Å². The van der Waals surface area contributed by atoms with E-state index in [2.05, 4.69) is 11.4 Å². The number of hydrogen-bond acceptors (Lipinski definition) is 3. The molecule has 1 N–H and O–H groups in total. The molecule has 2 aromatic heterocycles. The Hall–Kier alpha value is -1.01. The molecule has 1 unspecified atom stereocenters. The minimum atomic E-state index is -0.930. The van der Waals surface area contributed by atoms with Gasteiger partial charge in [0.25, 0.3) is 0 Å². The Morgan fingerprint density at radius 1 is 1.15 bits per heavy atom. The number of nitrogens with one attached hydrogen (secondary N) is 1. The van der Waals surface area contributed by atoms with Gasteiger partial charge in [-0.25, -0.2) is 8.78 Å². The smallest absolute Gasteiger partial charge is 0.160 e. The van der Waals surface area contributed by atoms with Crippen LogP contribution in [0.15, 0.2) is 29.6 Å². The molecule has 104 valence electrons. The molecule has 0 aliphatic rings. The lowest BCUT2D eigenvalue weighted by Gasteiger charge is -2.16. The number of thiophene rings is 2. The normalized spacial score (nSPS) is 13.0.